The van der Waals surface area contributed by atoms with Crippen molar-refractivity contribution >= 4 is 11.9 Å². The van der Waals surface area contributed by atoms with E-state index >= 15 is 0 Å². The smallest absolute Gasteiger partial charge is 0.311 e. The van der Waals surface area contributed by atoms with E-state index in [2.05, 4.69) is 0 Å². The molecule has 1 aliphatic carbocycles. The number of carbonyl (C=O) groups is 2. The number of rotatable bonds is 5. The van der Waals surface area contributed by atoms with Gasteiger partial charge in [-0.05, 0) is 25.7 Å². The number of amides is 1. The largest absolute Gasteiger partial charge is 0.481 e. The maximum atomic E-state index is 12.5. The SMILES string of the molecule is CCN(C(=O)CC1CCCCC1)C1COCC1C(=O)O. The maximum Gasteiger partial charge on any atom is 0.311 e. The number of hydrogen-bond acceptors (Lipinski definition) is 3. The highest BCUT2D eigenvalue weighted by atomic mass is 16.5. The van der Waals surface area contributed by atoms with E-state index in [1.54, 1.807) is 4.90 Å². The molecule has 5 nitrogen and oxygen atoms in total. The Hall–Kier alpha value is -1.10. The van der Waals surface area contributed by atoms with Gasteiger partial charge in [0.1, 0.15) is 5.92 Å². The molecule has 0 spiro atoms. The number of carboxylic acids is 1. The van der Waals surface area contributed by atoms with E-state index in [0.717, 1.165) is 12.8 Å². The van der Waals surface area contributed by atoms with Gasteiger partial charge in [-0.15, -0.1) is 0 Å². The molecular weight excluding hydrogens is 258 g/mol. The number of nitrogens with zero attached hydrogens (tertiary/aromatic N) is 1. The van der Waals surface area contributed by atoms with Gasteiger partial charge in [0.05, 0.1) is 19.3 Å². The second kappa shape index (κ2) is 7.07. The maximum absolute atomic E-state index is 12.5. The van der Waals surface area contributed by atoms with E-state index in [9.17, 15) is 14.7 Å². The zero-order valence-electron chi connectivity index (χ0n) is 12.2. The van der Waals surface area contributed by atoms with Gasteiger partial charge < -0.3 is 14.7 Å². The summed E-state index contributed by atoms with van der Waals surface area (Å²) in [6.45, 7) is 3.04. The summed E-state index contributed by atoms with van der Waals surface area (Å²) in [6, 6.07) is -0.298. The van der Waals surface area contributed by atoms with Crippen LogP contribution < -0.4 is 0 Å². The fourth-order valence-electron chi connectivity index (χ4n) is 3.44. The zero-order valence-corrected chi connectivity index (χ0v) is 12.2. The Kier molecular flexibility index (Phi) is 5.40. The molecule has 1 amide bonds. The molecular formula is C15H25NO4. The molecule has 1 heterocycles. The van der Waals surface area contributed by atoms with E-state index in [0.29, 0.717) is 25.5 Å². The average molecular weight is 283 g/mol. The highest BCUT2D eigenvalue weighted by Gasteiger charge is 2.39. The number of ether oxygens (including phenoxy) is 1. The van der Waals surface area contributed by atoms with Crippen LogP contribution in [0, 0.1) is 11.8 Å². The van der Waals surface area contributed by atoms with E-state index in [1.807, 2.05) is 6.92 Å². The lowest BCUT2D eigenvalue weighted by atomic mass is 9.86. The summed E-state index contributed by atoms with van der Waals surface area (Å²) in [5.74, 6) is -0.862. The molecule has 1 saturated heterocycles. The molecule has 2 aliphatic rings. The van der Waals surface area contributed by atoms with Crippen LogP contribution in [0.25, 0.3) is 0 Å². The van der Waals surface area contributed by atoms with E-state index in [1.165, 1.54) is 19.3 Å². The fraction of sp³-hybridized carbons (Fsp3) is 0.867. The molecule has 2 fully saturated rings. The Morgan fingerprint density at radius 3 is 2.50 bits per heavy atom. The topological polar surface area (TPSA) is 66.8 Å². The molecule has 1 N–H and O–H groups in total. The van der Waals surface area contributed by atoms with E-state index < -0.39 is 11.9 Å². The van der Waals surface area contributed by atoms with Crippen molar-refractivity contribution in [1.29, 1.82) is 0 Å². The average Bonchev–Trinajstić information content (AvgIpc) is 2.90. The molecule has 0 bridgehead atoms. The van der Waals surface area contributed by atoms with Crippen LogP contribution in [0.4, 0.5) is 0 Å². The predicted molar refractivity (Wildman–Crippen MR) is 74.3 cm³/mol. The van der Waals surface area contributed by atoms with Crippen molar-refractivity contribution in [3.63, 3.8) is 0 Å². The van der Waals surface area contributed by atoms with Crippen LogP contribution in [-0.4, -0.2) is 47.7 Å². The summed E-state index contributed by atoms with van der Waals surface area (Å²) in [5, 5.41) is 9.21. The minimum Gasteiger partial charge on any atom is -0.481 e. The fourth-order valence-corrected chi connectivity index (χ4v) is 3.44. The predicted octanol–water partition coefficient (Wildman–Crippen LogP) is 1.90. The third-order valence-electron chi connectivity index (χ3n) is 4.62. The van der Waals surface area contributed by atoms with Crippen molar-refractivity contribution in [2.45, 2.75) is 51.5 Å². The third kappa shape index (κ3) is 3.51. The number of carbonyl (C=O) groups excluding carboxylic acids is 1. The molecule has 5 heteroatoms. The minimum absolute atomic E-state index is 0.0983. The molecule has 20 heavy (non-hydrogen) atoms. The van der Waals surface area contributed by atoms with Crippen LogP contribution in [0.2, 0.25) is 0 Å². The number of aliphatic carboxylic acids is 1. The third-order valence-corrected chi connectivity index (χ3v) is 4.62. The molecule has 0 aromatic rings. The Morgan fingerprint density at radius 1 is 1.20 bits per heavy atom. The normalized spacial score (nSPS) is 27.4. The summed E-state index contributed by atoms with van der Waals surface area (Å²) >= 11 is 0. The second-order valence-corrected chi connectivity index (χ2v) is 5.94. The summed E-state index contributed by atoms with van der Waals surface area (Å²) in [7, 11) is 0. The standard InChI is InChI=1S/C15H25NO4/c1-2-16(13-10-20-9-12(13)15(18)19)14(17)8-11-6-4-3-5-7-11/h11-13H,2-10H2,1H3,(H,18,19). The van der Waals surface area contributed by atoms with Gasteiger partial charge in [0.15, 0.2) is 0 Å². The number of carboxylic acid groups (broad SMARTS) is 1. The lowest BCUT2D eigenvalue weighted by Gasteiger charge is -2.31. The van der Waals surface area contributed by atoms with Crippen molar-refractivity contribution in [3.05, 3.63) is 0 Å². The van der Waals surface area contributed by atoms with Gasteiger partial charge in [-0.2, -0.15) is 0 Å². The van der Waals surface area contributed by atoms with Crippen molar-refractivity contribution in [2.24, 2.45) is 11.8 Å². The molecule has 2 unspecified atom stereocenters. The van der Waals surface area contributed by atoms with Crippen LogP contribution in [0.1, 0.15) is 45.4 Å². The van der Waals surface area contributed by atoms with Gasteiger partial charge in [-0.3, -0.25) is 9.59 Å². The quantitative estimate of drug-likeness (QED) is 0.837. The van der Waals surface area contributed by atoms with Crippen LogP contribution in [0.5, 0.6) is 0 Å². The van der Waals surface area contributed by atoms with Crippen LogP contribution in [0.3, 0.4) is 0 Å². The van der Waals surface area contributed by atoms with Crippen molar-refractivity contribution in [2.75, 3.05) is 19.8 Å². The Labute approximate surface area is 120 Å². The Balaban J connectivity index is 1.95. The Bertz CT molecular complexity index is 352. The van der Waals surface area contributed by atoms with Crippen LogP contribution >= 0.6 is 0 Å². The van der Waals surface area contributed by atoms with Gasteiger partial charge in [0, 0.05) is 13.0 Å². The van der Waals surface area contributed by atoms with Gasteiger partial charge in [-0.25, -0.2) is 0 Å². The summed E-state index contributed by atoms with van der Waals surface area (Å²) in [4.78, 5) is 25.4. The Morgan fingerprint density at radius 2 is 1.90 bits per heavy atom. The molecule has 0 aromatic carbocycles. The lowest BCUT2D eigenvalue weighted by Crippen LogP contribution is -2.47. The van der Waals surface area contributed by atoms with Gasteiger partial charge in [0.25, 0.3) is 0 Å². The van der Waals surface area contributed by atoms with Gasteiger partial charge in [0.2, 0.25) is 5.91 Å². The van der Waals surface area contributed by atoms with Crippen LogP contribution in [0.15, 0.2) is 0 Å². The molecule has 2 rings (SSSR count). The van der Waals surface area contributed by atoms with Crippen molar-refractivity contribution in [1.82, 2.24) is 4.90 Å². The first-order valence-electron chi connectivity index (χ1n) is 7.73. The summed E-state index contributed by atoms with van der Waals surface area (Å²) in [6.07, 6.45) is 6.54. The van der Waals surface area contributed by atoms with Crippen molar-refractivity contribution in [3.8, 4) is 0 Å². The number of likely N-dealkylation sites (N-methyl/N-ethyl adjacent to an activating group) is 1. The lowest BCUT2D eigenvalue weighted by molar-refractivity contribution is -0.145. The molecule has 0 radical (unpaired) electrons. The van der Waals surface area contributed by atoms with Crippen LogP contribution in [-0.2, 0) is 14.3 Å². The summed E-state index contributed by atoms with van der Waals surface area (Å²) < 4.78 is 5.28. The van der Waals surface area contributed by atoms with Gasteiger partial charge in [-0.1, -0.05) is 19.3 Å². The monoisotopic (exact) mass is 283 g/mol. The molecule has 114 valence electrons. The molecule has 1 saturated carbocycles. The second-order valence-electron chi connectivity index (χ2n) is 5.94. The highest BCUT2D eigenvalue weighted by Crippen LogP contribution is 2.28. The molecule has 0 aromatic heterocycles. The molecule has 2 atom stereocenters. The van der Waals surface area contributed by atoms with E-state index in [4.69, 9.17) is 4.74 Å². The van der Waals surface area contributed by atoms with E-state index in [-0.39, 0.29) is 18.6 Å². The molecule has 1 aliphatic heterocycles. The highest BCUT2D eigenvalue weighted by molar-refractivity contribution is 5.78. The van der Waals surface area contributed by atoms with Crippen molar-refractivity contribution < 1.29 is 19.4 Å². The first kappa shape index (κ1) is 15.3. The van der Waals surface area contributed by atoms with Gasteiger partial charge >= 0.3 is 5.97 Å². The first-order chi connectivity index (χ1) is 9.63. The number of hydrogen-bond donors (Lipinski definition) is 1. The summed E-state index contributed by atoms with van der Waals surface area (Å²) in [5.41, 5.74) is 0. The first-order valence-corrected chi connectivity index (χ1v) is 7.73. The minimum atomic E-state index is -0.864. The zero-order chi connectivity index (χ0) is 14.5.